The molecule has 1 heterocycles. The van der Waals surface area contributed by atoms with Crippen LogP contribution in [0.15, 0.2) is 35.5 Å². The molecule has 140 valence electrons. The Hall–Kier alpha value is -2.90. The molecule has 0 saturated carbocycles. The van der Waals surface area contributed by atoms with Crippen molar-refractivity contribution in [2.45, 2.75) is 38.6 Å². The molecule has 8 heteroatoms. The molecule has 1 aromatic rings. The maximum atomic E-state index is 12.5. The van der Waals surface area contributed by atoms with Crippen LogP contribution in [0.5, 0.6) is 0 Å². The van der Waals surface area contributed by atoms with Crippen LogP contribution in [0.25, 0.3) is 0 Å². The first-order valence-corrected chi connectivity index (χ1v) is 8.22. The van der Waals surface area contributed by atoms with Crippen molar-refractivity contribution in [1.82, 2.24) is 5.32 Å². The largest absolute Gasteiger partial charge is 0.467 e. The number of nitrogens with zero attached hydrogens (tertiary/aromatic N) is 1. The number of nitrogens with one attached hydrogen (secondary N) is 1. The predicted molar refractivity (Wildman–Crippen MR) is 93.3 cm³/mol. The van der Waals surface area contributed by atoms with Crippen LogP contribution in [-0.2, 0) is 19.1 Å². The lowest BCUT2D eigenvalue weighted by Gasteiger charge is -2.39. The number of hydrogen-bond donors (Lipinski definition) is 1. The second kappa shape index (κ2) is 7.55. The van der Waals surface area contributed by atoms with Gasteiger partial charge in [0.2, 0.25) is 0 Å². The number of nitro benzene ring substituents is 1. The van der Waals surface area contributed by atoms with E-state index in [1.54, 1.807) is 32.9 Å². The minimum absolute atomic E-state index is 0.0818. The van der Waals surface area contributed by atoms with E-state index in [2.05, 4.69) is 5.32 Å². The summed E-state index contributed by atoms with van der Waals surface area (Å²) >= 11 is 0. The summed E-state index contributed by atoms with van der Waals surface area (Å²) in [6, 6.07) is 6.06. The van der Waals surface area contributed by atoms with Gasteiger partial charge in [-0.1, -0.05) is 12.1 Å². The fourth-order valence-electron chi connectivity index (χ4n) is 3.31. The van der Waals surface area contributed by atoms with Crippen LogP contribution >= 0.6 is 0 Å². The SMILES string of the molecule is CCOC(=O)C1=C(C)NC(C)(C(=O)OC)CC1c1cccc([N+](=O)[O-])c1. The molecule has 0 saturated heterocycles. The van der Waals surface area contributed by atoms with E-state index in [1.165, 1.54) is 19.2 Å². The number of carbonyl (C=O) groups excluding carboxylic acids is 2. The molecule has 0 bridgehead atoms. The summed E-state index contributed by atoms with van der Waals surface area (Å²) in [4.78, 5) is 35.4. The average Bonchev–Trinajstić information content (AvgIpc) is 2.60. The molecule has 0 radical (unpaired) electrons. The third-order valence-electron chi connectivity index (χ3n) is 4.44. The van der Waals surface area contributed by atoms with Crippen LogP contribution in [0.1, 0.15) is 38.7 Å². The number of nitro groups is 1. The van der Waals surface area contributed by atoms with Crippen molar-refractivity contribution in [3.63, 3.8) is 0 Å². The summed E-state index contributed by atoms with van der Waals surface area (Å²) < 4.78 is 10.0. The van der Waals surface area contributed by atoms with Crippen molar-refractivity contribution < 1.29 is 24.0 Å². The highest BCUT2D eigenvalue weighted by atomic mass is 16.6. The molecule has 1 aliphatic rings. The van der Waals surface area contributed by atoms with Gasteiger partial charge in [0.15, 0.2) is 0 Å². The van der Waals surface area contributed by atoms with E-state index in [4.69, 9.17) is 9.47 Å². The molecule has 2 atom stereocenters. The highest BCUT2D eigenvalue weighted by Gasteiger charge is 2.44. The number of esters is 2. The minimum Gasteiger partial charge on any atom is -0.467 e. The zero-order valence-corrected chi connectivity index (χ0v) is 15.2. The Morgan fingerprint density at radius 1 is 1.42 bits per heavy atom. The second-order valence-corrected chi connectivity index (χ2v) is 6.32. The fraction of sp³-hybridized carbons (Fsp3) is 0.444. The molecule has 0 aromatic heterocycles. The summed E-state index contributed by atoms with van der Waals surface area (Å²) in [6.45, 7) is 5.25. The van der Waals surface area contributed by atoms with Crippen molar-refractivity contribution in [1.29, 1.82) is 0 Å². The van der Waals surface area contributed by atoms with Gasteiger partial charge in [0.1, 0.15) is 5.54 Å². The predicted octanol–water partition coefficient (Wildman–Crippen LogP) is 2.44. The van der Waals surface area contributed by atoms with E-state index >= 15 is 0 Å². The molecule has 2 unspecified atom stereocenters. The quantitative estimate of drug-likeness (QED) is 0.487. The Morgan fingerprint density at radius 2 is 2.12 bits per heavy atom. The lowest BCUT2D eigenvalue weighted by molar-refractivity contribution is -0.384. The summed E-state index contributed by atoms with van der Waals surface area (Å²) in [7, 11) is 1.29. The summed E-state index contributed by atoms with van der Waals surface area (Å²) in [5, 5.41) is 14.2. The first kappa shape index (κ1) is 19.4. The van der Waals surface area contributed by atoms with Gasteiger partial charge in [-0.25, -0.2) is 9.59 Å². The van der Waals surface area contributed by atoms with Crippen molar-refractivity contribution >= 4 is 17.6 Å². The molecule has 0 amide bonds. The third-order valence-corrected chi connectivity index (χ3v) is 4.44. The number of allylic oxidation sites excluding steroid dienone is 1. The first-order valence-electron chi connectivity index (χ1n) is 8.22. The summed E-state index contributed by atoms with van der Waals surface area (Å²) in [6.07, 6.45) is 0.201. The van der Waals surface area contributed by atoms with Gasteiger partial charge in [-0.05, 0) is 32.8 Å². The molecule has 0 fully saturated rings. The van der Waals surface area contributed by atoms with Gasteiger partial charge >= 0.3 is 11.9 Å². The van der Waals surface area contributed by atoms with E-state index in [0.717, 1.165) is 0 Å². The summed E-state index contributed by atoms with van der Waals surface area (Å²) in [5.74, 6) is -1.53. The van der Waals surface area contributed by atoms with Crippen LogP contribution in [0, 0.1) is 10.1 Å². The molecule has 1 aromatic carbocycles. The number of ether oxygens (including phenoxy) is 2. The number of carbonyl (C=O) groups is 2. The Kier molecular flexibility index (Phi) is 5.64. The van der Waals surface area contributed by atoms with Gasteiger partial charge < -0.3 is 14.8 Å². The highest BCUT2D eigenvalue weighted by molar-refractivity contribution is 5.93. The van der Waals surface area contributed by atoms with Crippen molar-refractivity contribution in [3.8, 4) is 0 Å². The number of hydrogen-bond acceptors (Lipinski definition) is 7. The zero-order chi connectivity index (χ0) is 19.5. The Labute approximate surface area is 151 Å². The second-order valence-electron chi connectivity index (χ2n) is 6.32. The number of methoxy groups -OCH3 is 1. The van der Waals surface area contributed by atoms with Gasteiger partial charge in [-0.2, -0.15) is 0 Å². The number of benzene rings is 1. The van der Waals surface area contributed by atoms with Gasteiger partial charge in [0.25, 0.3) is 5.69 Å². The van der Waals surface area contributed by atoms with Crippen LogP contribution in [-0.4, -0.2) is 36.1 Å². The molecule has 0 spiro atoms. The molecule has 8 nitrogen and oxygen atoms in total. The first-order chi connectivity index (χ1) is 12.2. The van der Waals surface area contributed by atoms with E-state index in [-0.39, 0.29) is 18.7 Å². The van der Waals surface area contributed by atoms with Crippen LogP contribution in [0.4, 0.5) is 5.69 Å². The van der Waals surface area contributed by atoms with Crippen LogP contribution < -0.4 is 5.32 Å². The standard InChI is InChI=1S/C18H22N2O6/c1-5-26-16(21)15-11(2)19-18(3,17(22)25-4)10-14(15)12-7-6-8-13(9-12)20(23)24/h6-9,14,19H,5,10H2,1-4H3. The molecular weight excluding hydrogens is 340 g/mol. The maximum absolute atomic E-state index is 12.5. The van der Waals surface area contributed by atoms with E-state index in [9.17, 15) is 19.7 Å². The van der Waals surface area contributed by atoms with Crippen molar-refractivity contribution in [2.75, 3.05) is 13.7 Å². The molecule has 1 N–H and O–H groups in total. The van der Waals surface area contributed by atoms with Crippen molar-refractivity contribution in [2.24, 2.45) is 0 Å². The summed E-state index contributed by atoms with van der Waals surface area (Å²) in [5.41, 5.74) is 0.261. The van der Waals surface area contributed by atoms with Gasteiger partial charge in [0, 0.05) is 23.7 Å². The van der Waals surface area contributed by atoms with Crippen LogP contribution in [0.2, 0.25) is 0 Å². The number of rotatable bonds is 5. The van der Waals surface area contributed by atoms with Gasteiger partial charge in [0.05, 0.1) is 24.2 Å². The molecule has 26 heavy (non-hydrogen) atoms. The lowest BCUT2D eigenvalue weighted by Crippen LogP contribution is -2.53. The monoisotopic (exact) mass is 362 g/mol. The smallest absolute Gasteiger partial charge is 0.336 e. The van der Waals surface area contributed by atoms with Gasteiger partial charge in [-0.3, -0.25) is 10.1 Å². The van der Waals surface area contributed by atoms with E-state index in [1.807, 2.05) is 0 Å². The Morgan fingerprint density at radius 3 is 2.69 bits per heavy atom. The van der Waals surface area contributed by atoms with Gasteiger partial charge in [-0.15, -0.1) is 0 Å². The topological polar surface area (TPSA) is 108 Å². The lowest BCUT2D eigenvalue weighted by atomic mass is 9.76. The Bertz CT molecular complexity index is 773. The van der Waals surface area contributed by atoms with Crippen LogP contribution in [0.3, 0.4) is 0 Å². The average molecular weight is 362 g/mol. The van der Waals surface area contributed by atoms with E-state index in [0.29, 0.717) is 16.8 Å². The number of non-ortho nitro benzene ring substituents is 1. The molecule has 0 aliphatic carbocycles. The molecular formula is C18H22N2O6. The fourth-order valence-corrected chi connectivity index (χ4v) is 3.31. The third kappa shape index (κ3) is 3.68. The zero-order valence-electron chi connectivity index (χ0n) is 15.2. The normalized spacial score (nSPS) is 22.4. The van der Waals surface area contributed by atoms with Crippen molar-refractivity contribution in [3.05, 3.63) is 51.2 Å². The van der Waals surface area contributed by atoms with E-state index < -0.39 is 28.3 Å². The highest BCUT2D eigenvalue weighted by Crippen LogP contribution is 2.40. The molecule has 1 aliphatic heterocycles. The maximum Gasteiger partial charge on any atom is 0.336 e. The molecule has 2 rings (SSSR count). The Balaban J connectivity index is 2.58. The minimum atomic E-state index is -1.07.